The van der Waals surface area contributed by atoms with Crippen molar-refractivity contribution in [3.63, 3.8) is 0 Å². The molecule has 0 aliphatic carbocycles. The van der Waals surface area contributed by atoms with E-state index in [0.29, 0.717) is 24.5 Å². The monoisotopic (exact) mass is 265 g/mol. The number of anilines is 1. The molecule has 0 saturated carbocycles. The SMILES string of the molecule is CCOc1cc(C)nc(NC(C)CCCC(C)C)n1. The fourth-order valence-corrected chi connectivity index (χ4v) is 1.95. The summed E-state index contributed by atoms with van der Waals surface area (Å²) in [4.78, 5) is 8.76. The number of hydrogen-bond acceptors (Lipinski definition) is 4. The molecule has 4 nitrogen and oxygen atoms in total. The molecule has 0 fully saturated rings. The Kier molecular flexibility index (Phi) is 6.60. The van der Waals surface area contributed by atoms with Crippen LogP contribution in [0.3, 0.4) is 0 Å². The molecule has 0 saturated heterocycles. The molecule has 1 aromatic rings. The van der Waals surface area contributed by atoms with Gasteiger partial charge in [-0.2, -0.15) is 4.98 Å². The molecule has 0 bridgehead atoms. The van der Waals surface area contributed by atoms with Crippen molar-refractivity contribution in [2.45, 2.75) is 59.9 Å². The summed E-state index contributed by atoms with van der Waals surface area (Å²) in [6, 6.07) is 2.24. The second-order valence-electron chi connectivity index (χ2n) is 5.47. The van der Waals surface area contributed by atoms with E-state index in [9.17, 15) is 0 Å². The summed E-state index contributed by atoms with van der Waals surface area (Å²) in [6.45, 7) is 11.2. The van der Waals surface area contributed by atoms with E-state index in [2.05, 4.69) is 36.1 Å². The van der Waals surface area contributed by atoms with Crippen LogP contribution in [0, 0.1) is 12.8 Å². The van der Waals surface area contributed by atoms with Crippen LogP contribution in [0.1, 0.15) is 52.7 Å². The van der Waals surface area contributed by atoms with E-state index < -0.39 is 0 Å². The third-order valence-electron chi connectivity index (χ3n) is 2.92. The number of nitrogens with one attached hydrogen (secondary N) is 1. The number of rotatable bonds is 8. The lowest BCUT2D eigenvalue weighted by Gasteiger charge is -2.15. The summed E-state index contributed by atoms with van der Waals surface area (Å²) in [5, 5.41) is 3.35. The van der Waals surface area contributed by atoms with Crippen molar-refractivity contribution in [3.05, 3.63) is 11.8 Å². The fraction of sp³-hybridized carbons (Fsp3) is 0.733. The lowest BCUT2D eigenvalue weighted by molar-refractivity contribution is 0.326. The largest absolute Gasteiger partial charge is 0.478 e. The molecule has 1 N–H and O–H groups in total. The average Bonchev–Trinajstić information content (AvgIpc) is 2.27. The molecule has 0 radical (unpaired) electrons. The molecule has 0 aromatic carbocycles. The van der Waals surface area contributed by atoms with Gasteiger partial charge in [-0.15, -0.1) is 0 Å². The number of aryl methyl sites for hydroxylation is 1. The summed E-state index contributed by atoms with van der Waals surface area (Å²) in [5.41, 5.74) is 0.926. The Hall–Kier alpha value is -1.32. The van der Waals surface area contributed by atoms with Gasteiger partial charge in [0, 0.05) is 17.8 Å². The van der Waals surface area contributed by atoms with E-state index in [1.807, 2.05) is 19.9 Å². The lowest BCUT2D eigenvalue weighted by atomic mass is 10.0. The molecule has 1 aromatic heterocycles. The molecule has 1 rings (SSSR count). The zero-order valence-corrected chi connectivity index (χ0v) is 12.9. The van der Waals surface area contributed by atoms with Crippen molar-refractivity contribution in [3.8, 4) is 5.88 Å². The minimum Gasteiger partial charge on any atom is -0.478 e. The van der Waals surface area contributed by atoms with Gasteiger partial charge in [-0.05, 0) is 33.1 Å². The highest BCUT2D eigenvalue weighted by atomic mass is 16.5. The first kappa shape index (κ1) is 15.7. The van der Waals surface area contributed by atoms with Gasteiger partial charge >= 0.3 is 0 Å². The van der Waals surface area contributed by atoms with Gasteiger partial charge in [-0.25, -0.2) is 4.98 Å². The molecule has 1 heterocycles. The van der Waals surface area contributed by atoms with Crippen LogP contribution in [-0.4, -0.2) is 22.6 Å². The number of hydrogen-bond donors (Lipinski definition) is 1. The number of aromatic nitrogens is 2. The number of nitrogens with zero attached hydrogens (tertiary/aromatic N) is 2. The predicted molar refractivity (Wildman–Crippen MR) is 79.7 cm³/mol. The molecule has 0 spiro atoms. The van der Waals surface area contributed by atoms with E-state index in [0.717, 1.165) is 18.0 Å². The summed E-state index contributed by atoms with van der Waals surface area (Å²) in [6.07, 6.45) is 3.64. The Balaban J connectivity index is 2.51. The molecule has 0 amide bonds. The molecular weight excluding hydrogens is 238 g/mol. The van der Waals surface area contributed by atoms with Gasteiger partial charge in [0.05, 0.1) is 6.61 Å². The van der Waals surface area contributed by atoms with Crippen LogP contribution in [0.4, 0.5) is 5.95 Å². The lowest BCUT2D eigenvalue weighted by Crippen LogP contribution is -2.17. The predicted octanol–water partition coefficient (Wildman–Crippen LogP) is 3.81. The van der Waals surface area contributed by atoms with Crippen LogP contribution >= 0.6 is 0 Å². The summed E-state index contributed by atoms with van der Waals surface area (Å²) >= 11 is 0. The highest BCUT2D eigenvalue weighted by molar-refractivity contribution is 5.31. The van der Waals surface area contributed by atoms with Crippen molar-refractivity contribution < 1.29 is 4.74 Å². The zero-order valence-electron chi connectivity index (χ0n) is 12.9. The van der Waals surface area contributed by atoms with Crippen molar-refractivity contribution >= 4 is 5.95 Å². The molecular formula is C15H27N3O. The molecule has 108 valence electrons. The molecule has 0 aliphatic heterocycles. The van der Waals surface area contributed by atoms with Gasteiger partial charge in [0.15, 0.2) is 0 Å². The van der Waals surface area contributed by atoms with E-state index >= 15 is 0 Å². The summed E-state index contributed by atoms with van der Waals surface area (Å²) in [5.74, 6) is 2.08. The van der Waals surface area contributed by atoms with Crippen LogP contribution in [0.25, 0.3) is 0 Å². The van der Waals surface area contributed by atoms with Gasteiger partial charge in [0.25, 0.3) is 0 Å². The van der Waals surface area contributed by atoms with E-state index in [-0.39, 0.29) is 0 Å². The van der Waals surface area contributed by atoms with Gasteiger partial charge in [0.1, 0.15) is 0 Å². The molecule has 19 heavy (non-hydrogen) atoms. The van der Waals surface area contributed by atoms with E-state index in [4.69, 9.17) is 4.74 Å². The van der Waals surface area contributed by atoms with Crippen molar-refractivity contribution in [1.82, 2.24) is 9.97 Å². The summed E-state index contributed by atoms with van der Waals surface area (Å²) < 4.78 is 5.43. The normalized spacial score (nSPS) is 12.5. The minimum atomic E-state index is 0.384. The molecule has 1 unspecified atom stereocenters. The third-order valence-corrected chi connectivity index (χ3v) is 2.92. The van der Waals surface area contributed by atoms with Crippen LogP contribution in [0.15, 0.2) is 6.07 Å². The van der Waals surface area contributed by atoms with Gasteiger partial charge < -0.3 is 10.1 Å². The standard InChI is InChI=1S/C15H27N3O/c1-6-19-14-10-13(5)17-15(18-14)16-12(4)9-7-8-11(2)3/h10-12H,6-9H2,1-5H3,(H,16,17,18). The summed E-state index contributed by atoms with van der Waals surface area (Å²) in [7, 11) is 0. The Labute approximate surface area is 117 Å². The first-order chi connectivity index (χ1) is 9.01. The van der Waals surface area contributed by atoms with Gasteiger partial charge in [-0.3, -0.25) is 0 Å². The van der Waals surface area contributed by atoms with Crippen LogP contribution in [0.2, 0.25) is 0 Å². The Morgan fingerprint density at radius 1 is 1.21 bits per heavy atom. The van der Waals surface area contributed by atoms with Crippen molar-refractivity contribution in [2.24, 2.45) is 5.92 Å². The average molecular weight is 265 g/mol. The maximum absolute atomic E-state index is 5.43. The first-order valence-electron chi connectivity index (χ1n) is 7.26. The second kappa shape index (κ2) is 7.97. The highest BCUT2D eigenvalue weighted by Gasteiger charge is 2.07. The van der Waals surface area contributed by atoms with Crippen molar-refractivity contribution in [1.29, 1.82) is 0 Å². The van der Waals surface area contributed by atoms with Crippen molar-refractivity contribution in [2.75, 3.05) is 11.9 Å². The third kappa shape index (κ3) is 6.41. The van der Waals surface area contributed by atoms with E-state index in [1.165, 1.54) is 12.8 Å². The molecule has 4 heteroatoms. The minimum absolute atomic E-state index is 0.384. The fourth-order valence-electron chi connectivity index (χ4n) is 1.95. The topological polar surface area (TPSA) is 47.0 Å². The smallest absolute Gasteiger partial charge is 0.226 e. The Morgan fingerprint density at radius 2 is 1.95 bits per heavy atom. The van der Waals surface area contributed by atoms with Crippen LogP contribution in [0.5, 0.6) is 5.88 Å². The number of ether oxygens (including phenoxy) is 1. The van der Waals surface area contributed by atoms with Gasteiger partial charge in [-0.1, -0.05) is 26.7 Å². The zero-order chi connectivity index (χ0) is 14.3. The molecule has 0 aliphatic rings. The van der Waals surface area contributed by atoms with E-state index in [1.54, 1.807) is 0 Å². The van der Waals surface area contributed by atoms with Crippen LogP contribution in [-0.2, 0) is 0 Å². The van der Waals surface area contributed by atoms with Crippen LogP contribution < -0.4 is 10.1 Å². The molecule has 1 atom stereocenters. The first-order valence-corrected chi connectivity index (χ1v) is 7.26. The maximum atomic E-state index is 5.43. The maximum Gasteiger partial charge on any atom is 0.226 e. The van der Waals surface area contributed by atoms with Gasteiger partial charge in [0.2, 0.25) is 11.8 Å². The Bertz CT molecular complexity index is 380. The highest BCUT2D eigenvalue weighted by Crippen LogP contribution is 2.15. The Morgan fingerprint density at radius 3 is 2.58 bits per heavy atom. The second-order valence-corrected chi connectivity index (χ2v) is 5.47. The quantitative estimate of drug-likeness (QED) is 0.776.